The number of aliphatic hydroxyl groups excluding tert-OH is 2. The van der Waals surface area contributed by atoms with Crippen LogP contribution in [0.15, 0.2) is 34.7 Å². The van der Waals surface area contributed by atoms with E-state index in [4.69, 9.17) is 9.15 Å². The average Bonchev–Trinajstić information content (AvgIpc) is 3.12. The van der Waals surface area contributed by atoms with Crippen LogP contribution in [-0.2, 0) is 16.0 Å². The zero-order valence-electron chi connectivity index (χ0n) is 15.0. The predicted octanol–water partition coefficient (Wildman–Crippen LogP) is 2.72. The number of furan rings is 1. The van der Waals surface area contributed by atoms with Crippen LogP contribution >= 0.6 is 0 Å². The van der Waals surface area contributed by atoms with Crippen LogP contribution in [0.1, 0.15) is 38.2 Å². The Morgan fingerprint density at radius 2 is 2.28 bits per heavy atom. The van der Waals surface area contributed by atoms with E-state index in [1.165, 1.54) is 7.11 Å². The first-order valence-corrected chi connectivity index (χ1v) is 9.10. The standard InChI is InChI=1S/C20H28O5/c1-20-9-7-14(11-21)15(4-3-13-8-10-25-12-13)18(20)17(22)6-5-16(20)19(23)24-2/h5,8,10,12,14-15,17-18,21-22H,3-4,6-7,9,11H2,1-2H3/t14-,15-,17-,18-,20-/m0/s1. The number of aryl methyl sites for hydroxylation is 1. The van der Waals surface area contributed by atoms with E-state index in [1.807, 2.05) is 12.1 Å². The molecule has 1 aromatic heterocycles. The van der Waals surface area contributed by atoms with Crippen LogP contribution in [0, 0.1) is 23.2 Å². The monoisotopic (exact) mass is 348 g/mol. The molecule has 5 heteroatoms. The summed E-state index contributed by atoms with van der Waals surface area (Å²) in [6.45, 7) is 2.19. The van der Waals surface area contributed by atoms with E-state index in [1.54, 1.807) is 12.5 Å². The molecule has 1 fully saturated rings. The zero-order chi connectivity index (χ0) is 18.0. The third kappa shape index (κ3) is 3.27. The number of hydrogen-bond acceptors (Lipinski definition) is 5. The Morgan fingerprint density at radius 1 is 1.48 bits per heavy atom. The van der Waals surface area contributed by atoms with E-state index in [-0.39, 0.29) is 30.3 Å². The molecule has 0 saturated heterocycles. The van der Waals surface area contributed by atoms with Crippen molar-refractivity contribution in [3.63, 3.8) is 0 Å². The molecule has 0 amide bonds. The van der Waals surface area contributed by atoms with Gasteiger partial charge < -0.3 is 19.4 Å². The lowest BCUT2D eigenvalue weighted by Crippen LogP contribution is -2.52. The highest BCUT2D eigenvalue weighted by Gasteiger charge is 2.53. The largest absolute Gasteiger partial charge is 0.472 e. The van der Waals surface area contributed by atoms with Gasteiger partial charge in [0.1, 0.15) is 0 Å². The molecular formula is C20H28O5. The lowest BCUT2D eigenvalue weighted by atomic mass is 9.51. The number of rotatable bonds is 5. The fraction of sp³-hybridized carbons (Fsp3) is 0.650. The van der Waals surface area contributed by atoms with Crippen LogP contribution < -0.4 is 0 Å². The van der Waals surface area contributed by atoms with Crippen molar-refractivity contribution in [3.8, 4) is 0 Å². The Balaban J connectivity index is 1.89. The van der Waals surface area contributed by atoms with Crippen LogP contribution in [0.3, 0.4) is 0 Å². The smallest absolute Gasteiger partial charge is 0.333 e. The van der Waals surface area contributed by atoms with Crippen LogP contribution in [0.4, 0.5) is 0 Å². The minimum Gasteiger partial charge on any atom is -0.472 e. The predicted molar refractivity (Wildman–Crippen MR) is 92.6 cm³/mol. The maximum absolute atomic E-state index is 12.3. The first kappa shape index (κ1) is 18.2. The molecule has 0 bridgehead atoms. The maximum Gasteiger partial charge on any atom is 0.333 e. The van der Waals surface area contributed by atoms with E-state index in [2.05, 4.69) is 6.92 Å². The molecule has 0 aromatic carbocycles. The zero-order valence-corrected chi connectivity index (χ0v) is 15.0. The van der Waals surface area contributed by atoms with E-state index in [0.29, 0.717) is 12.0 Å². The molecule has 138 valence electrons. The summed E-state index contributed by atoms with van der Waals surface area (Å²) in [5.74, 6) is -0.0431. The highest BCUT2D eigenvalue weighted by atomic mass is 16.5. The second-order valence-electron chi connectivity index (χ2n) is 7.67. The van der Waals surface area contributed by atoms with E-state index < -0.39 is 11.5 Å². The molecule has 5 atom stereocenters. The van der Waals surface area contributed by atoms with Gasteiger partial charge in [-0.1, -0.05) is 13.0 Å². The summed E-state index contributed by atoms with van der Waals surface area (Å²) in [6.07, 6.45) is 8.55. The van der Waals surface area contributed by atoms with Crippen molar-refractivity contribution in [2.45, 2.75) is 45.1 Å². The molecule has 0 unspecified atom stereocenters. The number of carbonyl (C=O) groups excluding carboxylic acids is 1. The average molecular weight is 348 g/mol. The van der Waals surface area contributed by atoms with Crippen LogP contribution in [0.25, 0.3) is 0 Å². The van der Waals surface area contributed by atoms with Gasteiger partial charge in [0.05, 0.1) is 25.7 Å². The van der Waals surface area contributed by atoms with Gasteiger partial charge in [0.15, 0.2) is 0 Å². The Hall–Kier alpha value is -1.59. The lowest BCUT2D eigenvalue weighted by Gasteiger charge is -2.53. The molecule has 25 heavy (non-hydrogen) atoms. The molecule has 1 heterocycles. The van der Waals surface area contributed by atoms with Crippen LogP contribution in [0.5, 0.6) is 0 Å². The number of carbonyl (C=O) groups is 1. The van der Waals surface area contributed by atoms with Gasteiger partial charge in [-0.2, -0.15) is 0 Å². The summed E-state index contributed by atoms with van der Waals surface area (Å²) in [6, 6.07) is 1.95. The molecule has 3 rings (SSSR count). The summed E-state index contributed by atoms with van der Waals surface area (Å²) in [5.41, 5.74) is 1.41. The lowest BCUT2D eigenvalue weighted by molar-refractivity contribution is -0.141. The topological polar surface area (TPSA) is 79.9 Å². The van der Waals surface area contributed by atoms with Crippen LogP contribution in [0.2, 0.25) is 0 Å². The highest BCUT2D eigenvalue weighted by molar-refractivity contribution is 5.90. The number of esters is 1. The first-order valence-electron chi connectivity index (χ1n) is 9.10. The Morgan fingerprint density at radius 3 is 2.92 bits per heavy atom. The number of hydrogen-bond donors (Lipinski definition) is 2. The van der Waals surface area contributed by atoms with E-state index >= 15 is 0 Å². The van der Waals surface area contributed by atoms with Crippen molar-refractivity contribution in [1.29, 1.82) is 0 Å². The summed E-state index contributed by atoms with van der Waals surface area (Å²) in [5, 5.41) is 20.7. The summed E-state index contributed by atoms with van der Waals surface area (Å²) < 4.78 is 10.1. The molecule has 1 saturated carbocycles. The van der Waals surface area contributed by atoms with Gasteiger partial charge in [0.2, 0.25) is 0 Å². The molecular weight excluding hydrogens is 320 g/mol. The number of ether oxygens (including phenoxy) is 1. The van der Waals surface area contributed by atoms with Crippen molar-refractivity contribution >= 4 is 5.97 Å². The fourth-order valence-electron chi connectivity index (χ4n) is 5.11. The molecule has 1 aromatic rings. The molecule has 2 N–H and O–H groups in total. The Kier molecular flexibility index (Phi) is 5.35. The quantitative estimate of drug-likeness (QED) is 0.800. The molecule has 0 aliphatic heterocycles. The van der Waals surface area contributed by atoms with Gasteiger partial charge in [0, 0.05) is 17.6 Å². The van der Waals surface area contributed by atoms with Gasteiger partial charge in [-0.15, -0.1) is 0 Å². The molecule has 2 aliphatic rings. The fourth-order valence-corrected chi connectivity index (χ4v) is 5.11. The second-order valence-corrected chi connectivity index (χ2v) is 7.67. The number of aliphatic hydroxyl groups is 2. The van der Waals surface area contributed by atoms with Crippen LogP contribution in [-0.4, -0.2) is 36.0 Å². The van der Waals surface area contributed by atoms with Gasteiger partial charge in [0.25, 0.3) is 0 Å². The Labute approximate surface area is 148 Å². The number of methoxy groups -OCH3 is 1. The normalized spacial score (nSPS) is 35.0. The summed E-state index contributed by atoms with van der Waals surface area (Å²) >= 11 is 0. The van der Waals surface area contributed by atoms with E-state index in [9.17, 15) is 15.0 Å². The van der Waals surface area contributed by atoms with Gasteiger partial charge in [-0.3, -0.25) is 0 Å². The van der Waals surface area contributed by atoms with Gasteiger partial charge in [-0.05, 0) is 61.5 Å². The van der Waals surface area contributed by atoms with Crippen molar-refractivity contribution in [2.24, 2.45) is 23.2 Å². The third-order valence-corrected chi connectivity index (χ3v) is 6.42. The van der Waals surface area contributed by atoms with Gasteiger partial charge in [-0.25, -0.2) is 4.79 Å². The maximum atomic E-state index is 12.3. The minimum atomic E-state index is -0.498. The van der Waals surface area contributed by atoms with Crippen molar-refractivity contribution in [1.82, 2.24) is 0 Å². The SMILES string of the molecule is COC(=O)C1=CC[C@H](O)[C@@H]2[C@@H](CCc3ccoc3)[C@H](CO)CC[C@@]12C. The molecule has 5 nitrogen and oxygen atoms in total. The van der Waals surface area contributed by atoms with E-state index in [0.717, 1.165) is 31.2 Å². The third-order valence-electron chi connectivity index (χ3n) is 6.42. The minimum absolute atomic E-state index is 0.0515. The van der Waals surface area contributed by atoms with Crippen molar-refractivity contribution in [3.05, 3.63) is 35.8 Å². The number of fused-ring (bicyclic) bond motifs is 1. The highest BCUT2D eigenvalue weighted by Crippen LogP contribution is 2.56. The molecule has 0 radical (unpaired) electrons. The van der Waals surface area contributed by atoms with Crippen molar-refractivity contribution in [2.75, 3.05) is 13.7 Å². The summed E-state index contributed by atoms with van der Waals surface area (Å²) in [4.78, 5) is 12.3. The van der Waals surface area contributed by atoms with Crippen molar-refractivity contribution < 1.29 is 24.2 Å². The molecule has 2 aliphatic carbocycles. The molecule has 0 spiro atoms. The second kappa shape index (κ2) is 7.34. The van der Waals surface area contributed by atoms with Gasteiger partial charge >= 0.3 is 5.97 Å². The Bertz CT molecular complexity index is 620. The first-order chi connectivity index (χ1) is 12.0. The summed E-state index contributed by atoms with van der Waals surface area (Å²) in [7, 11) is 1.41.